The molecule has 0 aromatic heterocycles. The number of carbonyl (C=O) groups excluding carboxylic acids is 3. The Labute approximate surface area is 268 Å². The summed E-state index contributed by atoms with van der Waals surface area (Å²) in [7, 11) is 0. The van der Waals surface area contributed by atoms with Crippen molar-refractivity contribution >= 4 is 46.0 Å². The third kappa shape index (κ3) is 4.89. The number of anilines is 1. The van der Waals surface area contributed by atoms with Gasteiger partial charge in [0.2, 0.25) is 0 Å². The molecule has 4 aliphatic rings. The first-order valence-electron chi connectivity index (χ1n) is 15.5. The van der Waals surface area contributed by atoms with Crippen LogP contribution in [0.4, 0.5) is 14.5 Å². The summed E-state index contributed by atoms with van der Waals surface area (Å²) in [6.45, 7) is -0.342. The molecule has 0 spiro atoms. The van der Waals surface area contributed by atoms with Gasteiger partial charge in [-0.1, -0.05) is 65.9 Å². The highest BCUT2D eigenvalue weighted by Gasteiger charge is 2.56. The lowest BCUT2D eigenvalue weighted by Crippen LogP contribution is -2.45. The lowest BCUT2D eigenvalue weighted by atomic mass is 9.77. The Morgan fingerprint density at radius 1 is 0.851 bits per heavy atom. The molecule has 1 saturated heterocycles. The largest absolute Gasteiger partial charge is 0.271 e. The van der Waals surface area contributed by atoms with Crippen molar-refractivity contribution in [3.05, 3.63) is 119 Å². The summed E-state index contributed by atoms with van der Waals surface area (Å²) in [4.78, 5) is 42.6. The van der Waals surface area contributed by atoms with Crippen LogP contribution in [-0.4, -0.2) is 52.1 Å². The maximum atomic E-state index is 14.1. The molecule has 3 aliphatic heterocycles. The summed E-state index contributed by atoms with van der Waals surface area (Å²) in [5.74, 6) is -2.32. The Balaban J connectivity index is 1.10. The van der Waals surface area contributed by atoms with E-state index in [1.807, 2.05) is 36.4 Å². The van der Waals surface area contributed by atoms with E-state index in [0.717, 1.165) is 57.3 Å². The van der Waals surface area contributed by atoms with Gasteiger partial charge >= 0.3 is 0 Å². The molecule has 1 aliphatic carbocycles. The zero-order valence-electron chi connectivity index (χ0n) is 25.0. The number of allylic oxidation sites excluding steroid dienone is 1. The summed E-state index contributed by atoms with van der Waals surface area (Å²) in [6, 6.07) is 22.5. The van der Waals surface area contributed by atoms with Gasteiger partial charge in [0.25, 0.3) is 17.7 Å². The van der Waals surface area contributed by atoms with E-state index in [9.17, 15) is 23.2 Å². The fourth-order valence-electron chi connectivity index (χ4n) is 7.17. The topological polar surface area (TPSA) is 98.0 Å². The summed E-state index contributed by atoms with van der Waals surface area (Å²) in [5, 5.41) is 17.4. The second-order valence-corrected chi connectivity index (χ2v) is 12.1. The van der Waals surface area contributed by atoms with Gasteiger partial charge in [-0.3, -0.25) is 19.4 Å². The average Bonchev–Trinajstić information content (AvgIpc) is 3.75. The zero-order chi connectivity index (χ0) is 32.2. The minimum atomic E-state index is -1.07. The number of carbonyl (C=O) groups is 3. The predicted octanol–water partition coefficient (Wildman–Crippen LogP) is 6.23. The van der Waals surface area contributed by atoms with Gasteiger partial charge in [-0.15, -0.1) is 0 Å². The van der Waals surface area contributed by atoms with E-state index in [1.54, 1.807) is 36.4 Å². The van der Waals surface area contributed by atoms with Crippen LogP contribution in [0.15, 0.2) is 112 Å². The van der Waals surface area contributed by atoms with Crippen molar-refractivity contribution in [2.75, 3.05) is 11.4 Å². The molecular formula is C36H28F2N6O3. The molecule has 4 atom stereocenters. The number of benzene rings is 4. The highest BCUT2D eigenvalue weighted by Crippen LogP contribution is 2.45. The van der Waals surface area contributed by atoms with Crippen LogP contribution in [0.5, 0.6) is 0 Å². The number of halogens is 2. The molecule has 2 fully saturated rings. The van der Waals surface area contributed by atoms with Gasteiger partial charge in [0.1, 0.15) is 18.2 Å². The first-order chi connectivity index (χ1) is 22.9. The highest BCUT2D eigenvalue weighted by molar-refractivity contribution is 6.27. The number of hydrogen-bond acceptors (Lipinski definition) is 7. The molecule has 3 amide bonds. The SMILES string of the molecule is O=C1[C@H]2N=NN(CC(=O)N3N=C4/C(=C/c5ccc(F)cc5)CCC[C@H]4[C@H]3c3ccc(F)cc3)[C@H]2C(=O)N1c1cccc2ccccc12. The fourth-order valence-corrected chi connectivity index (χ4v) is 7.17. The number of fused-ring (bicyclic) bond motifs is 3. The van der Waals surface area contributed by atoms with Gasteiger partial charge in [-0.05, 0) is 77.8 Å². The fraction of sp³-hybridized carbons (Fsp3) is 0.222. The van der Waals surface area contributed by atoms with Gasteiger partial charge in [-0.2, -0.15) is 10.2 Å². The molecule has 0 unspecified atom stereocenters. The molecule has 4 aromatic rings. The molecular weight excluding hydrogens is 602 g/mol. The van der Waals surface area contributed by atoms with Crippen LogP contribution in [0, 0.1) is 17.6 Å². The minimum absolute atomic E-state index is 0.158. The minimum Gasteiger partial charge on any atom is -0.271 e. The summed E-state index contributed by atoms with van der Waals surface area (Å²) < 4.78 is 27.5. The van der Waals surface area contributed by atoms with Crippen LogP contribution in [0.3, 0.4) is 0 Å². The van der Waals surface area contributed by atoms with Gasteiger partial charge in [0.15, 0.2) is 12.1 Å². The monoisotopic (exact) mass is 630 g/mol. The van der Waals surface area contributed by atoms with E-state index >= 15 is 0 Å². The summed E-state index contributed by atoms with van der Waals surface area (Å²) >= 11 is 0. The third-order valence-electron chi connectivity index (χ3n) is 9.34. The number of hydrazone groups is 1. The van der Waals surface area contributed by atoms with Crippen molar-refractivity contribution in [2.24, 2.45) is 21.4 Å². The number of imide groups is 1. The molecule has 47 heavy (non-hydrogen) atoms. The molecule has 11 heteroatoms. The first kappa shape index (κ1) is 28.9. The molecule has 9 nitrogen and oxygen atoms in total. The maximum absolute atomic E-state index is 14.1. The lowest BCUT2D eigenvalue weighted by Gasteiger charge is -2.30. The number of nitrogens with zero attached hydrogens (tertiary/aromatic N) is 6. The Morgan fingerprint density at radius 3 is 2.36 bits per heavy atom. The third-order valence-corrected chi connectivity index (χ3v) is 9.34. The number of rotatable bonds is 5. The van der Waals surface area contributed by atoms with Crippen molar-refractivity contribution in [1.82, 2.24) is 10.0 Å². The van der Waals surface area contributed by atoms with E-state index in [0.29, 0.717) is 5.69 Å². The standard InChI is InChI=1S/C36H28F2N6O3/c37-25-15-11-21(12-16-25)19-24-7-3-9-28-31(24)40-44(33(28)23-13-17-26(38)18-14-23)30(45)20-42-34-32(39-41-42)35(46)43(36(34)47)29-10-4-6-22-5-1-2-8-27(22)29/h1-2,4-6,8,10-19,28,32-34H,3,7,9,20H2/b24-19+/t28-,32+,33-,34-/m1/s1. The molecule has 0 radical (unpaired) electrons. The molecule has 234 valence electrons. The average molecular weight is 631 g/mol. The van der Waals surface area contributed by atoms with E-state index in [4.69, 9.17) is 5.10 Å². The zero-order valence-corrected chi connectivity index (χ0v) is 25.0. The molecule has 4 aromatic carbocycles. The van der Waals surface area contributed by atoms with Crippen molar-refractivity contribution in [2.45, 2.75) is 37.4 Å². The smallest absolute Gasteiger partial charge is 0.264 e. The second kappa shape index (κ2) is 11.3. The Bertz CT molecular complexity index is 2020. The molecule has 0 bridgehead atoms. The van der Waals surface area contributed by atoms with Crippen LogP contribution in [-0.2, 0) is 14.4 Å². The lowest BCUT2D eigenvalue weighted by molar-refractivity contribution is -0.136. The van der Waals surface area contributed by atoms with Crippen LogP contribution < -0.4 is 4.90 Å². The Morgan fingerprint density at radius 2 is 1.57 bits per heavy atom. The van der Waals surface area contributed by atoms with E-state index in [1.165, 1.54) is 34.3 Å². The van der Waals surface area contributed by atoms with Crippen LogP contribution in [0.25, 0.3) is 16.8 Å². The second-order valence-electron chi connectivity index (χ2n) is 12.1. The van der Waals surface area contributed by atoms with Gasteiger partial charge in [0.05, 0.1) is 17.4 Å². The van der Waals surface area contributed by atoms with Gasteiger partial charge in [0, 0.05) is 11.3 Å². The van der Waals surface area contributed by atoms with Crippen LogP contribution in [0.1, 0.15) is 36.4 Å². The number of amides is 3. The van der Waals surface area contributed by atoms with Gasteiger partial charge in [-0.25, -0.2) is 18.7 Å². The summed E-state index contributed by atoms with van der Waals surface area (Å²) in [6.07, 6.45) is 4.30. The number of hydrogen-bond donors (Lipinski definition) is 0. The maximum Gasteiger partial charge on any atom is 0.264 e. The Hall–Kier alpha value is -5.58. The summed E-state index contributed by atoms with van der Waals surface area (Å²) in [5.41, 5.74) is 3.69. The highest BCUT2D eigenvalue weighted by atomic mass is 19.1. The van der Waals surface area contributed by atoms with Crippen LogP contribution in [0.2, 0.25) is 0 Å². The quantitative estimate of drug-likeness (QED) is 0.244. The predicted molar refractivity (Wildman–Crippen MR) is 171 cm³/mol. The normalized spacial score (nSPS) is 24.3. The first-order valence-corrected chi connectivity index (χ1v) is 15.5. The van der Waals surface area contributed by atoms with Crippen molar-refractivity contribution in [3.63, 3.8) is 0 Å². The Kier molecular flexibility index (Phi) is 6.96. The van der Waals surface area contributed by atoms with Crippen molar-refractivity contribution < 1.29 is 23.2 Å². The van der Waals surface area contributed by atoms with E-state index < -0.39 is 41.7 Å². The van der Waals surface area contributed by atoms with Crippen molar-refractivity contribution in [1.29, 1.82) is 0 Å². The van der Waals surface area contributed by atoms with E-state index in [2.05, 4.69) is 10.3 Å². The molecule has 8 rings (SSSR count). The van der Waals surface area contributed by atoms with Crippen LogP contribution >= 0.6 is 0 Å². The molecule has 3 heterocycles. The van der Waals surface area contributed by atoms with Gasteiger partial charge < -0.3 is 0 Å². The van der Waals surface area contributed by atoms with E-state index in [-0.39, 0.29) is 18.3 Å². The molecule has 0 N–H and O–H groups in total. The molecule has 1 saturated carbocycles. The van der Waals surface area contributed by atoms with Crippen molar-refractivity contribution in [3.8, 4) is 0 Å².